The third-order valence-corrected chi connectivity index (χ3v) is 2.75. The van der Waals surface area contributed by atoms with Crippen LogP contribution in [0.2, 0.25) is 0 Å². The summed E-state index contributed by atoms with van der Waals surface area (Å²) < 4.78 is 0. The first-order valence-corrected chi connectivity index (χ1v) is 5.06. The predicted octanol–water partition coefficient (Wildman–Crippen LogP) is 3.06. The van der Waals surface area contributed by atoms with E-state index in [0.29, 0.717) is 5.92 Å². The third-order valence-electron chi connectivity index (χ3n) is 2.75. The molecule has 0 aliphatic carbocycles. The molecule has 2 atom stereocenters. The highest BCUT2D eigenvalue weighted by atomic mass is 35.5. The van der Waals surface area contributed by atoms with Crippen molar-refractivity contribution in [1.29, 1.82) is 0 Å². The Kier molecular flexibility index (Phi) is 6.00. The van der Waals surface area contributed by atoms with Gasteiger partial charge >= 0.3 is 0 Å². The molecule has 2 N–H and O–H groups in total. The fourth-order valence-electron chi connectivity index (χ4n) is 1.40. The lowest BCUT2D eigenvalue weighted by atomic mass is 9.93. The topological polar surface area (TPSA) is 69.2 Å². The highest BCUT2D eigenvalue weighted by Crippen LogP contribution is 2.23. The lowest BCUT2D eigenvalue weighted by Gasteiger charge is -2.18. The van der Waals surface area contributed by atoms with Crippen molar-refractivity contribution in [2.45, 2.75) is 26.3 Å². The molecule has 0 spiro atoms. The van der Waals surface area contributed by atoms with E-state index in [9.17, 15) is 10.1 Å². The van der Waals surface area contributed by atoms with Crippen LogP contribution in [0.25, 0.3) is 0 Å². The zero-order chi connectivity index (χ0) is 11.4. The minimum absolute atomic E-state index is 0. The van der Waals surface area contributed by atoms with Gasteiger partial charge in [0, 0.05) is 18.2 Å². The maximum Gasteiger partial charge on any atom is 0.269 e. The molecule has 0 aliphatic rings. The maximum absolute atomic E-state index is 10.4. The molecule has 90 valence electrons. The van der Waals surface area contributed by atoms with Crippen LogP contribution in [0, 0.1) is 16.0 Å². The Morgan fingerprint density at radius 2 is 1.88 bits per heavy atom. The number of hydrogen-bond donors (Lipinski definition) is 1. The van der Waals surface area contributed by atoms with Crippen molar-refractivity contribution in [3.8, 4) is 0 Å². The minimum Gasteiger partial charge on any atom is -0.324 e. The molecule has 5 heteroatoms. The number of nitro groups is 1. The van der Waals surface area contributed by atoms with Gasteiger partial charge in [-0.05, 0) is 11.5 Å². The summed E-state index contributed by atoms with van der Waals surface area (Å²) in [5.41, 5.74) is 7.07. The van der Waals surface area contributed by atoms with E-state index in [0.717, 1.165) is 12.0 Å². The smallest absolute Gasteiger partial charge is 0.269 e. The number of non-ortho nitro benzene ring substituents is 1. The second-order valence-corrected chi connectivity index (χ2v) is 3.76. The van der Waals surface area contributed by atoms with E-state index in [1.165, 1.54) is 12.1 Å². The van der Waals surface area contributed by atoms with Gasteiger partial charge in [0.25, 0.3) is 5.69 Å². The first-order chi connectivity index (χ1) is 7.06. The van der Waals surface area contributed by atoms with E-state index in [1.807, 2.05) is 0 Å². The fraction of sp³-hybridized carbons (Fsp3) is 0.455. The molecule has 4 nitrogen and oxygen atoms in total. The molecular formula is C11H17ClN2O2. The quantitative estimate of drug-likeness (QED) is 0.654. The van der Waals surface area contributed by atoms with E-state index in [2.05, 4.69) is 13.8 Å². The summed E-state index contributed by atoms with van der Waals surface area (Å²) in [4.78, 5) is 10.0. The second kappa shape index (κ2) is 6.45. The van der Waals surface area contributed by atoms with Crippen molar-refractivity contribution in [3.63, 3.8) is 0 Å². The molecule has 0 radical (unpaired) electrons. The van der Waals surface area contributed by atoms with Crippen LogP contribution in [0.4, 0.5) is 5.69 Å². The molecule has 1 unspecified atom stereocenters. The highest BCUT2D eigenvalue weighted by molar-refractivity contribution is 5.85. The molecule has 0 aromatic heterocycles. The van der Waals surface area contributed by atoms with Crippen LogP contribution >= 0.6 is 12.4 Å². The summed E-state index contributed by atoms with van der Waals surface area (Å²) in [6.45, 7) is 4.15. The third kappa shape index (κ3) is 3.47. The van der Waals surface area contributed by atoms with Crippen molar-refractivity contribution < 1.29 is 4.92 Å². The fourth-order valence-corrected chi connectivity index (χ4v) is 1.40. The monoisotopic (exact) mass is 244 g/mol. The van der Waals surface area contributed by atoms with E-state index < -0.39 is 4.92 Å². The summed E-state index contributed by atoms with van der Waals surface area (Å²) in [6, 6.07) is 6.41. The molecule has 1 aromatic carbocycles. The van der Waals surface area contributed by atoms with Crippen LogP contribution < -0.4 is 5.73 Å². The molecule has 0 saturated heterocycles. The number of hydrogen-bond acceptors (Lipinski definition) is 3. The Bertz CT molecular complexity index is 340. The first kappa shape index (κ1) is 14.9. The van der Waals surface area contributed by atoms with Crippen molar-refractivity contribution in [3.05, 3.63) is 39.9 Å². The van der Waals surface area contributed by atoms with E-state index >= 15 is 0 Å². The van der Waals surface area contributed by atoms with Crippen molar-refractivity contribution >= 4 is 18.1 Å². The number of benzene rings is 1. The molecule has 0 bridgehead atoms. The van der Waals surface area contributed by atoms with Crippen LogP contribution in [0.3, 0.4) is 0 Å². The van der Waals surface area contributed by atoms with Gasteiger partial charge in [-0.15, -0.1) is 12.4 Å². The largest absolute Gasteiger partial charge is 0.324 e. The lowest BCUT2D eigenvalue weighted by Crippen LogP contribution is -2.18. The Morgan fingerprint density at radius 1 is 1.38 bits per heavy atom. The zero-order valence-electron chi connectivity index (χ0n) is 9.42. The van der Waals surface area contributed by atoms with Crippen LogP contribution in [0.5, 0.6) is 0 Å². The Morgan fingerprint density at radius 3 is 2.25 bits per heavy atom. The molecule has 0 amide bonds. The predicted molar refractivity (Wildman–Crippen MR) is 66.7 cm³/mol. The summed E-state index contributed by atoms with van der Waals surface area (Å²) in [5.74, 6) is 0.381. The SMILES string of the molecule is CCC(C)[C@@H](N)c1ccc([N+](=O)[O-])cc1.Cl. The van der Waals surface area contributed by atoms with Crippen molar-refractivity contribution in [2.24, 2.45) is 11.7 Å². The van der Waals surface area contributed by atoms with Gasteiger partial charge in [-0.2, -0.15) is 0 Å². The number of halogens is 1. The number of nitro benzene ring substituents is 1. The standard InChI is InChI=1S/C11H16N2O2.ClH/c1-3-8(2)11(12)9-4-6-10(7-5-9)13(14)15;/h4-8,11H,3,12H2,1-2H3;1H/t8?,11-;/m1./s1. The van der Waals surface area contributed by atoms with E-state index in [1.54, 1.807) is 12.1 Å². The number of nitrogens with two attached hydrogens (primary N) is 1. The first-order valence-electron chi connectivity index (χ1n) is 5.06. The highest BCUT2D eigenvalue weighted by Gasteiger charge is 2.14. The lowest BCUT2D eigenvalue weighted by molar-refractivity contribution is -0.384. The molecule has 1 rings (SSSR count). The van der Waals surface area contributed by atoms with Crippen LogP contribution in [0.15, 0.2) is 24.3 Å². The summed E-state index contributed by atoms with van der Waals surface area (Å²) in [5, 5.41) is 10.4. The van der Waals surface area contributed by atoms with Crippen LogP contribution in [-0.2, 0) is 0 Å². The van der Waals surface area contributed by atoms with Crippen molar-refractivity contribution in [1.82, 2.24) is 0 Å². The molecule has 0 saturated carbocycles. The number of nitrogens with zero attached hydrogens (tertiary/aromatic N) is 1. The molecule has 0 fully saturated rings. The van der Waals surface area contributed by atoms with Gasteiger partial charge in [0.05, 0.1) is 4.92 Å². The average molecular weight is 245 g/mol. The zero-order valence-corrected chi connectivity index (χ0v) is 10.2. The Hall–Kier alpha value is -1.13. The maximum atomic E-state index is 10.4. The van der Waals surface area contributed by atoms with E-state index in [-0.39, 0.29) is 24.1 Å². The molecule has 0 heterocycles. The van der Waals surface area contributed by atoms with Gasteiger partial charge in [-0.25, -0.2) is 0 Å². The number of rotatable bonds is 4. The van der Waals surface area contributed by atoms with E-state index in [4.69, 9.17) is 5.73 Å². The molecule has 1 aromatic rings. The van der Waals surface area contributed by atoms with Crippen LogP contribution in [0.1, 0.15) is 31.9 Å². The van der Waals surface area contributed by atoms with Crippen LogP contribution in [-0.4, -0.2) is 4.92 Å². The van der Waals surface area contributed by atoms with Gasteiger partial charge in [-0.3, -0.25) is 10.1 Å². The Labute approximate surface area is 101 Å². The minimum atomic E-state index is -0.404. The van der Waals surface area contributed by atoms with Crippen molar-refractivity contribution in [2.75, 3.05) is 0 Å². The normalized spacial score (nSPS) is 13.7. The van der Waals surface area contributed by atoms with Gasteiger partial charge in [-0.1, -0.05) is 32.4 Å². The van der Waals surface area contributed by atoms with Gasteiger partial charge in [0.2, 0.25) is 0 Å². The molecular weight excluding hydrogens is 228 g/mol. The second-order valence-electron chi connectivity index (χ2n) is 3.76. The van der Waals surface area contributed by atoms with Gasteiger partial charge in [0.15, 0.2) is 0 Å². The summed E-state index contributed by atoms with van der Waals surface area (Å²) >= 11 is 0. The van der Waals surface area contributed by atoms with Gasteiger partial charge in [0.1, 0.15) is 0 Å². The molecule has 16 heavy (non-hydrogen) atoms. The summed E-state index contributed by atoms with van der Waals surface area (Å²) in [6.07, 6.45) is 0.998. The average Bonchev–Trinajstić information content (AvgIpc) is 2.27. The summed E-state index contributed by atoms with van der Waals surface area (Å²) in [7, 11) is 0. The van der Waals surface area contributed by atoms with Gasteiger partial charge < -0.3 is 5.73 Å². The Balaban J connectivity index is 0.00000225. The molecule has 0 aliphatic heterocycles.